The number of aromatic hydroxyl groups is 2. The molecule has 0 atom stereocenters. The number of aliphatic carboxylic acids is 3. The molecule has 139 heavy (non-hydrogen) atoms. The third-order valence-electron chi connectivity index (χ3n) is 22.0. The average molecular weight is 1920 g/mol. The summed E-state index contributed by atoms with van der Waals surface area (Å²) in [5.74, 6) is -3.96. The van der Waals surface area contributed by atoms with E-state index in [0.717, 1.165) is 74.4 Å². The van der Waals surface area contributed by atoms with Gasteiger partial charge in [0, 0.05) is 12.5 Å². The summed E-state index contributed by atoms with van der Waals surface area (Å²) < 4.78 is 159. The zero-order chi connectivity index (χ0) is 101. The van der Waals surface area contributed by atoms with Crippen LogP contribution in [0.5, 0.6) is 69.0 Å². The summed E-state index contributed by atoms with van der Waals surface area (Å²) in [6.45, 7) is 8.48. The molecule has 2 aromatic heterocycles. The van der Waals surface area contributed by atoms with Crippen LogP contribution in [-0.2, 0) is 43.5 Å². The number of carbonyl (C=O) groups is 7. The third-order valence-corrected chi connectivity index (χ3v) is 22.0. The van der Waals surface area contributed by atoms with Gasteiger partial charge >= 0.3 is 36.1 Å². The van der Waals surface area contributed by atoms with Crippen molar-refractivity contribution in [2.24, 2.45) is 0 Å². The molecule has 15 rings (SSSR count). The molecule has 0 saturated heterocycles. The Morgan fingerprint density at radius 2 is 0.770 bits per heavy atom. The number of phenols is 2. The lowest BCUT2D eigenvalue weighted by molar-refractivity contribution is -0.244. The largest absolute Gasteiger partial charge is 0.502 e. The van der Waals surface area contributed by atoms with Crippen LogP contribution < -0.4 is 52.7 Å². The van der Waals surface area contributed by atoms with Crippen molar-refractivity contribution < 1.29 is 146 Å². The van der Waals surface area contributed by atoms with E-state index in [0.29, 0.717) is 78.6 Å². The number of amides is 1. The Morgan fingerprint density at radius 1 is 0.424 bits per heavy atom. The van der Waals surface area contributed by atoms with Crippen molar-refractivity contribution in [1.29, 1.82) is 0 Å². The van der Waals surface area contributed by atoms with E-state index in [2.05, 4.69) is 5.32 Å². The predicted octanol–water partition coefficient (Wildman–Crippen LogP) is 22.3. The molecule has 2 heterocycles. The van der Waals surface area contributed by atoms with Gasteiger partial charge in [-0.3, -0.25) is 28.8 Å². The number of nitrogens with zero attached hydrogens (tertiary/aromatic N) is 1. The second kappa shape index (κ2) is 48.2. The average Bonchev–Trinajstić information content (AvgIpc) is 1.62. The van der Waals surface area contributed by atoms with Crippen LogP contribution in [0.15, 0.2) is 220 Å². The van der Waals surface area contributed by atoms with Gasteiger partial charge in [0.15, 0.2) is 46.0 Å². The number of aldehydes is 1. The molecule has 1 amide bonds. The number of esters is 2. The lowest BCUT2D eigenvalue weighted by Gasteiger charge is -2.24. The maximum absolute atomic E-state index is 14.2. The monoisotopic (exact) mass is 1920 g/mol. The molecule has 0 aliphatic heterocycles. The van der Waals surface area contributed by atoms with Crippen molar-refractivity contribution in [3.8, 4) is 69.0 Å². The molecule has 0 unspecified atom stereocenters. The molecular formula is C106H101F7N2O24. The molecule has 0 spiro atoms. The van der Waals surface area contributed by atoms with E-state index in [-0.39, 0.29) is 118 Å². The first-order chi connectivity index (χ1) is 65.8. The summed E-state index contributed by atoms with van der Waals surface area (Å²) in [7, 11) is 13.3. The summed E-state index contributed by atoms with van der Waals surface area (Å²) in [5, 5.41) is 50.6. The van der Waals surface area contributed by atoms with E-state index in [1.807, 2.05) is 52.1 Å². The Balaban J connectivity index is 0.000000196. The highest BCUT2D eigenvalue weighted by atomic mass is 19.4. The van der Waals surface area contributed by atoms with Crippen LogP contribution in [0.2, 0.25) is 0 Å². The maximum Gasteiger partial charge on any atom is 0.487 e. The van der Waals surface area contributed by atoms with Crippen molar-refractivity contribution in [3.05, 3.63) is 318 Å². The molecule has 0 saturated carbocycles. The fourth-order valence-corrected chi connectivity index (χ4v) is 15.5. The molecule has 4 aliphatic carbocycles. The molecule has 0 fully saturated rings. The number of furan rings is 2. The van der Waals surface area contributed by atoms with Crippen molar-refractivity contribution in [1.82, 2.24) is 10.2 Å². The standard InChI is InChI=1S/C28H23FO6.C27H23F4NO5.C21H19FO5.C12H11FO2.C11H12O5.C6H9NO.CH4/c1-16-21(20-10-9-19(29)14-23(20)22(16)15-26(30)31)11-17-12-24(33-2)27(25(13-17)34-3)35-28(32)18-7-5-4-6-8-18;1-15-20(9-16-10-23(35-2)26(34)24(11-16)36-3)19-7-6-17(28)12-22(19)21(15)13-25(33)32(27(29,30)31)14-18-5-4-8-37-18;1-11-15(6-12-7-18(26-2)21(25)19(8-12)27-3)14-5-4-13(22)9-17(14)16(11)10-20(23)24;1-7-4-8-2-3-9(13)5-11(8)10(7)6-12(14)15;1-7(13)16-11-9(14-2)4-8(6-12)5-10(11)15-3;1-7-5-6-3-2-4-8-6;/h4-14H,15H2,1-3H3,(H,30,31);4-12,34H,13-14H2,1-3H3;4-9,25H,10H2,1-3H3,(H,23,24);2-3,5H,4,6H2,1H3,(H,14,15);4-6H,1-3H3;2-4,7H,5H2,1H3;1H4/b21-11-;20-9-;15-6-;;;;. The Kier molecular flexibility index (Phi) is 36.9. The number of carbonyl (C=O) groups excluding carboxylic acids is 4. The lowest BCUT2D eigenvalue weighted by Crippen LogP contribution is -2.42. The van der Waals surface area contributed by atoms with Gasteiger partial charge in [0.25, 0.3) is 0 Å². The van der Waals surface area contributed by atoms with E-state index >= 15 is 0 Å². The fourth-order valence-electron chi connectivity index (χ4n) is 15.5. The number of carboxylic acid groups (broad SMARTS) is 3. The van der Waals surface area contributed by atoms with Crippen LogP contribution in [0.3, 0.4) is 0 Å². The molecule has 0 radical (unpaired) electrons. The Hall–Kier alpha value is -16.3. The number of rotatable bonds is 27. The predicted molar refractivity (Wildman–Crippen MR) is 508 cm³/mol. The molecule has 26 nitrogen and oxygen atoms in total. The van der Waals surface area contributed by atoms with Crippen LogP contribution in [0.4, 0.5) is 30.7 Å². The molecule has 6 N–H and O–H groups in total. The maximum atomic E-state index is 14.2. The third kappa shape index (κ3) is 26.5. The minimum absolute atomic E-state index is 0. The van der Waals surface area contributed by atoms with Crippen LogP contribution in [-0.4, -0.2) is 143 Å². The topological polar surface area (TPSA) is 354 Å². The summed E-state index contributed by atoms with van der Waals surface area (Å²) in [5.41, 5.74) is 15.3. The van der Waals surface area contributed by atoms with E-state index in [9.17, 15) is 84.7 Å². The van der Waals surface area contributed by atoms with Crippen molar-refractivity contribution in [2.75, 3.05) is 63.9 Å². The number of methoxy groups -OCH3 is 8. The van der Waals surface area contributed by atoms with Crippen LogP contribution in [0, 0.1) is 23.3 Å². The highest BCUT2D eigenvalue weighted by molar-refractivity contribution is 6.11. The van der Waals surface area contributed by atoms with E-state index in [1.165, 1.54) is 149 Å². The van der Waals surface area contributed by atoms with Gasteiger partial charge in [-0.25, -0.2) is 27.3 Å². The molecule has 4 aliphatic rings. The number of allylic oxidation sites excluding steroid dienone is 7. The summed E-state index contributed by atoms with van der Waals surface area (Å²) >= 11 is 0. The zero-order valence-corrected chi connectivity index (χ0v) is 77.2. The van der Waals surface area contributed by atoms with E-state index in [1.54, 1.807) is 104 Å². The number of benzene rings is 9. The van der Waals surface area contributed by atoms with Gasteiger partial charge in [-0.05, 0) is 310 Å². The number of halogens is 7. The second-order valence-corrected chi connectivity index (χ2v) is 30.8. The number of carboxylic acids is 3. The first kappa shape index (κ1) is 106. The summed E-state index contributed by atoms with van der Waals surface area (Å²) in [4.78, 5) is 80.3. The van der Waals surface area contributed by atoms with Gasteiger partial charge in [-0.1, -0.05) is 55.5 Å². The summed E-state index contributed by atoms with van der Waals surface area (Å²) in [6, 6.07) is 45.1. The highest BCUT2D eigenvalue weighted by Crippen LogP contribution is 2.51. The summed E-state index contributed by atoms with van der Waals surface area (Å²) in [6.07, 6.45) is 3.68. The van der Waals surface area contributed by atoms with E-state index in [4.69, 9.17) is 61.3 Å². The van der Waals surface area contributed by atoms with Gasteiger partial charge in [0.1, 0.15) is 41.1 Å². The van der Waals surface area contributed by atoms with Gasteiger partial charge in [0.2, 0.25) is 28.9 Å². The van der Waals surface area contributed by atoms with Gasteiger partial charge in [-0.2, -0.15) is 0 Å². The number of nitrogens with one attached hydrogen (secondary N) is 1. The molecule has 33 heteroatoms. The number of ether oxygens (including phenoxy) is 10. The van der Waals surface area contributed by atoms with E-state index < -0.39 is 72.5 Å². The first-order valence-corrected chi connectivity index (χ1v) is 42.0. The molecule has 9 aromatic carbocycles. The quantitative estimate of drug-likeness (QED) is 0.00915. The number of fused-ring (bicyclic) bond motifs is 4. The number of phenolic OH excluding ortho intramolecular Hbond substituents is 2. The molecular weight excluding hydrogens is 1820 g/mol. The normalized spacial score (nSPS) is 13.2. The second-order valence-electron chi connectivity index (χ2n) is 30.8. The Morgan fingerprint density at radius 3 is 1.12 bits per heavy atom. The van der Waals surface area contributed by atoms with Crippen LogP contribution in [0.1, 0.15) is 161 Å². The Labute approximate surface area is 796 Å². The number of alkyl halides is 3. The minimum Gasteiger partial charge on any atom is -0.502 e. The fraction of sp³-hybridized carbons (Fsp3) is 0.217. The molecule has 0 bridgehead atoms. The first-order valence-electron chi connectivity index (χ1n) is 42.0. The van der Waals surface area contributed by atoms with Gasteiger partial charge in [-0.15, -0.1) is 13.2 Å². The zero-order valence-electron chi connectivity index (χ0n) is 77.2. The lowest BCUT2D eigenvalue weighted by atomic mass is 10.00. The SMILES string of the molecule is C.CC1=C(CC(=O)O)c2cc(F)ccc2C1.CNCc1ccco1.COc1cc(/C=C2/C(C)=C(CC(=O)N(Cc3ccco3)C(F)(F)F)c3cc(F)ccc32)cc(OC)c1O.COc1cc(/C=C2/C(C)=C(CC(=O)O)c3cc(F)ccc32)cc(OC)c1O.COc1cc(/C=C2/C(C)=C(CC(=O)O)c3cc(F)ccc32)cc(OC)c1OC(=O)c1ccccc1.COc1cc(C=O)cc(OC)c1OC(C)=O. The minimum atomic E-state index is -4.94. The smallest absolute Gasteiger partial charge is 0.487 e. The molecule has 728 valence electrons. The van der Waals surface area contributed by atoms with Crippen LogP contribution in [0.25, 0.3) is 57.2 Å². The molecule has 11 aromatic rings. The van der Waals surface area contributed by atoms with Gasteiger partial charge < -0.3 is 87.1 Å². The van der Waals surface area contributed by atoms with Crippen molar-refractivity contribution in [3.63, 3.8) is 0 Å². The van der Waals surface area contributed by atoms with Gasteiger partial charge in [0.05, 0.1) is 114 Å². The highest BCUT2D eigenvalue weighted by Gasteiger charge is 2.43. The number of hydrogen-bond acceptors (Lipinski definition) is 22. The van der Waals surface area contributed by atoms with Crippen molar-refractivity contribution in [2.45, 2.75) is 93.5 Å². The van der Waals surface area contributed by atoms with Crippen molar-refractivity contribution >= 4 is 99.3 Å². The Bertz CT molecular complexity index is 6540. The number of hydrogen-bond donors (Lipinski definition) is 6. The van der Waals surface area contributed by atoms with Crippen LogP contribution >= 0.6 is 0 Å².